The number of aromatic nitrogens is 1. The van der Waals surface area contributed by atoms with Gasteiger partial charge < -0.3 is 10.1 Å². The number of morpholine rings is 1. The normalized spacial score (nSPS) is 14.9. The number of hydrogen-bond donors (Lipinski definition) is 1. The lowest BCUT2D eigenvalue weighted by Gasteiger charge is -2.26. The van der Waals surface area contributed by atoms with Gasteiger partial charge in [-0.1, -0.05) is 46.3 Å². The second-order valence-corrected chi connectivity index (χ2v) is 7.71. The van der Waals surface area contributed by atoms with Gasteiger partial charge in [0.1, 0.15) is 0 Å². The highest BCUT2D eigenvalue weighted by Gasteiger charge is 2.15. The molecule has 1 aromatic heterocycles. The van der Waals surface area contributed by atoms with Crippen LogP contribution in [0.5, 0.6) is 0 Å². The molecule has 28 heavy (non-hydrogen) atoms. The highest BCUT2D eigenvalue weighted by atomic mass is 79.9. The predicted molar refractivity (Wildman–Crippen MR) is 114 cm³/mol. The molecule has 2 aromatic carbocycles. The number of amides is 1. The van der Waals surface area contributed by atoms with Gasteiger partial charge in [0.25, 0.3) is 5.91 Å². The van der Waals surface area contributed by atoms with Crippen molar-refractivity contribution in [2.24, 2.45) is 0 Å². The van der Waals surface area contributed by atoms with Gasteiger partial charge in [-0.3, -0.25) is 9.69 Å². The minimum Gasteiger partial charge on any atom is -0.379 e. The third-order valence-electron chi connectivity index (χ3n) is 4.90. The molecule has 1 N–H and O–H groups in total. The SMILES string of the molecule is O=C(NCCN1CCOCC1)c1cc(-c2ccccc2)nc2ccc(Br)cc12. The average molecular weight is 440 g/mol. The molecule has 144 valence electrons. The Hall–Kier alpha value is -2.28. The van der Waals surface area contributed by atoms with Crippen LogP contribution in [0.15, 0.2) is 59.1 Å². The molecule has 0 spiro atoms. The Kier molecular flexibility index (Phi) is 6.00. The van der Waals surface area contributed by atoms with Gasteiger partial charge in [0, 0.05) is 41.6 Å². The molecule has 0 saturated carbocycles. The van der Waals surface area contributed by atoms with E-state index in [1.54, 1.807) is 0 Å². The first-order chi connectivity index (χ1) is 13.7. The second kappa shape index (κ2) is 8.82. The molecule has 1 saturated heterocycles. The van der Waals surface area contributed by atoms with Gasteiger partial charge in [0.15, 0.2) is 0 Å². The van der Waals surface area contributed by atoms with Gasteiger partial charge in [-0.05, 0) is 24.3 Å². The Labute approximate surface area is 172 Å². The minimum atomic E-state index is -0.0732. The van der Waals surface area contributed by atoms with E-state index >= 15 is 0 Å². The number of pyridine rings is 1. The summed E-state index contributed by atoms with van der Waals surface area (Å²) in [5, 5.41) is 3.92. The van der Waals surface area contributed by atoms with E-state index in [2.05, 4.69) is 26.1 Å². The summed E-state index contributed by atoms with van der Waals surface area (Å²) in [6, 6.07) is 17.7. The number of ether oxygens (including phenoxy) is 1. The quantitative estimate of drug-likeness (QED) is 0.657. The minimum absolute atomic E-state index is 0.0732. The molecule has 0 bridgehead atoms. The number of carbonyl (C=O) groups is 1. The van der Waals surface area contributed by atoms with Crippen LogP contribution in [0.1, 0.15) is 10.4 Å². The first-order valence-electron chi connectivity index (χ1n) is 9.45. The van der Waals surface area contributed by atoms with Crippen molar-refractivity contribution in [1.82, 2.24) is 15.2 Å². The summed E-state index contributed by atoms with van der Waals surface area (Å²) in [6.45, 7) is 4.79. The molecule has 0 radical (unpaired) electrons. The molecule has 1 amide bonds. The number of benzene rings is 2. The highest BCUT2D eigenvalue weighted by molar-refractivity contribution is 9.10. The van der Waals surface area contributed by atoms with Crippen LogP contribution in [0.2, 0.25) is 0 Å². The molecule has 0 aliphatic carbocycles. The Balaban J connectivity index is 1.60. The topological polar surface area (TPSA) is 54.5 Å². The van der Waals surface area contributed by atoms with Crippen molar-refractivity contribution in [3.05, 3.63) is 64.6 Å². The van der Waals surface area contributed by atoms with Gasteiger partial charge in [-0.25, -0.2) is 4.98 Å². The first-order valence-corrected chi connectivity index (χ1v) is 10.2. The lowest BCUT2D eigenvalue weighted by atomic mass is 10.0. The van der Waals surface area contributed by atoms with E-state index in [4.69, 9.17) is 9.72 Å². The fourth-order valence-electron chi connectivity index (χ4n) is 3.39. The van der Waals surface area contributed by atoms with Crippen molar-refractivity contribution in [3.63, 3.8) is 0 Å². The molecular formula is C22H22BrN3O2. The Morgan fingerprint density at radius 1 is 1.11 bits per heavy atom. The smallest absolute Gasteiger partial charge is 0.252 e. The van der Waals surface area contributed by atoms with Crippen molar-refractivity contribution in [2.45, 2.75) is 0 Å². The van der Waals surface area contributed by atoms with E-state index < -0.39 is 0 Å². The van der Waals surface area contributed by atoms with Crippen molar-refractivity contribution in [1.29, 1.82) is 0 Å². The standard InChI is InChI=1S/C22H22BrN3O2/c23-17-6-7-20-18(14-17)19(15-21(25-20)16-4-2-1-3-5-16)22(27)24-8-9-26-10-12-28-13-11-26/h1-7,14-15H,8-13H2,(H,24,27). The summed E-state index contributed by atoms with van der Waals surface area (Å²) in [5.74, 6) is -0.0732. The van der Waals surface area contributed by atoms with Gasteiger partial charge in [-0.15, -0.1) is 0 Å². The third kappa shape index (κ3) is 4.41. The van der Waals surface area contributed by atoms with Crippen molar-refractivity contribution < 1.29 is 9.53 Å². The summed E-state index contributed by atoms with van der Waals surface area (Å²) in [6.07, 6.45) is 0. The largest absolute Gasteiger partial charge is 0.379 e. The summed E-state index contributed by atoms with van der Waals surface area (Å²) < 4.78 is 6.30. The highest BCUT2D eigenvalue weighted by Crippen LogP contribution is 2.27. The number of nitrogens with one attached hydrogen (secondary N) is 1. The van der Waals surface area contributed by atoms with Crippen molar-refractivity contribution in [3.8, 4) is 11.3 Å². The molecule has 1 aliphatic heterocycles. The molecule has 3 aromatic rings. The Morgan fingerprint density at radius 2 is 1.89 bits per heavy atom. The molecular weight excluding hydrogens is 418 g/mol. The van der Waals surface area contributed by atoms with E-state index in [1.807, 2.05) is 54.6 Å². The van der Waals surface area contributed by atoms with Crippen LogP contribution in [-0.4, -0.2) is 55.2 Å². The summed E-state index contributed by atoms with van der Waals surface area (Å²) >= 11 is 3.51. The van der Waals surface area contributed by atoms with Crippen LogP contribution in [0.3, 0.4) is 0 Å². The van der Waals surface area contributed by atoms with Gasteiger partial charge in [-0.2, -0.15) is 0 Å². The maximum Gasteiger partial charge on any atom is 0.252 e. The average Bonchev–Trinajstić information content (AvgIpc) is 2.74. The number of hydrogen-bond acceptors (Lipinski definition) is 4. The molecule has 4 rings (SSSR count). The van der Waals surface area contributed by atoms with Crippen LogP contribution in [0.25, 0.3) is 22.2 Å². The van der Waals surface area contributed by atoms with Crippen molar-refractivity contribution in [2.75, 3.05) is 39.4 Å². The maximum absolute atomic E-state index is 13.0. The van der Waals surface area contributed by atoms with Crippen LogP contribution in [0.4, 0.5) is 0 Å². The van der Waals surface area contributed by atoms with Gasteiger partial charge >= 0.3 is 0 Å². The summed E-state index contributed by atoms with van der Waals surface area (Å²) in [5.41, 5.74) is 3.25. The number of carbonyl (C=O) groups excluding carboxylic acids is 1. The monoisotopic (exact) mass is 439 g/mol. The molecule has 0 unspecified atom stereocenters. The van der Waals surface area contributed by atoms with Gasteiger partial charge in [0.05, 0.1) is 30.0 Å². The molecule has 2 heterocycles. The molecule has 1 fully saturated rings. The number of halogens is 1. The second-order valence-electron chi connectivity index (χ2n) is 6.79. The number of nitrogens with zero attached hydrogens (tertiary/aromatic N) is 2. The van der Waals surface area contributed by atoms with E-state index in [-0.39, 0.29) is 5.91 Å². The predicted octanol–water partition coefficient (Wildman–Crippen LogP) is 3.73. The summed E-state index contributed by atoms with van der Waals surface area (Å²) in [4.78, 5) is 20.1. The zero-order chi connectivity index (χ0) is 19.3. The molecule has 5 nitrogen and oxygen atoms in total. The molecule has 0 atom stereocenters. The van der Waals surface area contributed by atoms with Gasteiger partial charge in [0.2, 0.25) is 0 Å². The number of fused-ring (bicyclic) bond motifs is 1. The van der Waals surface area contributed by atoms with Crippen LogP contribution >= 0.6 is 15.9 Å². The molecule has 6 heteroatoms. The summed E-state index contributed by atoms with van der Waals surface area (Å²) in [7, 11) is 0. The Bertz CT molecular complexity index is 972. The maximum atomic E-state index is 13.0. The lowest BCUT2D eigenvalue weighted by molar-refractivity contribution is 0.0383. The zero-order valence-corrected chi connectivity index (χ0v) is 17.1. The van der Waals surface area contributed by atoms with Crippen LogP contribution in [0, 0.1) is 0 Å². The third-order valence-corrected chi connectivity index (χ3v) is 5.40. The van der Waals surface area contributed by atoms with Crippen molar-refractivity contribution >= 4 is 32.7 Å². The first kappa shape index (κ1) is 19.1. The number of rotatable bonds is 5. The molecule has 1 aliphatic rings. The van der Waals surface area contributed by atoms with E-state index in [1.165, 1.54) is 0 Å². The fourth-order valence-corrected chi connectivity index (χ4v) is 3.75. The van der Waals surface area contributed by atoms with E-state index in [9.17, 15) is 4.79 Å². The van der Waals surface area contributed by atoms with E-state index in [0.717, 1.165) is 59.5 Å². The van der Waals surface area contributed by atoms with Crippen LogP contribution < -0.4 is 5.32 Å². The van der Waals surface area contributed by atoms with Crippen LogP contribution in [-0.2, 0) is 4.74 Å². The fraction of sp³-hybridized carbons (Fsp3) is 0.273. The van der Waals surface area contributed by atoms with E-state index in [0.29, 0.717) is 12.1 Å². The zero-order valence-electron chi connectivity index (χ0n) is 15.5. The Morgan fingerprint density at radius 3 is 2.68 bits per heavy atom. The lowest BCUT2D eigenvalue weighted by Crippen LogP contribution is -2.41.